The Morgan fingerprint density at radius 1 is 1.22 bits per heavy atom. The Labute approximate surface area is 162 Å². The van der Waals surface area contributed by atoms with Crippen LogP contribution in [0.1, 0.15) is 45.1 Å². The molecule has 1 aromatic carbocycles. The number of ether oxygens (including phenoxy) is 1. The molecule has 1 aliphatic heterocycles. The van der Waals surface area contributed by atoms with Crippen molar-refractivity contribution < 1.29 is 14.3 Å². The van der Waals surface area contributed by atoms with Gasteiger partial charge in [0, 0.05) is 6.54 Å². The molecule has 1 saturated heterocycles. The van der Waals surface area contributed by atoms with Crippen LogP contribution in [-0.2, 0) is 9.59 Å². The summed E-state index contributed by atoms with van der Waals surface area (Å²) in [5.74, 6) is 0.145. The van der Waals surface area contributed by atoms with Gasteiger partial charge in [-0.25, -0.2) is 0 Å². The van der Waals surface area contributed by atoms with Gasteiger partial charge < -0.3 is 20.3 Å². The summed E-state index contributed by atoms with van der Waals surface area (Å²) in [5.41, 5.74) is 1.56. The van der Waals surface area contributed by atoms with Gasteiger partial charge in [-0.3, -0.25) is 9.59 Å². The van der Waals surface area contributed by atoms with E-state index in [9.17, 15) is 9.59 Å². The number of carbonyl (C=O) groups is 2. The Bertz CT molecular complexity index is 625. The zero-order valence-electron chi connectivity index (χ0n) is 16.8. The van der Waals surface area contributed by atoms with Crippen LogP contribution < -0.4 is 15.4 Å². The van der Waals surface area contributed by atoms with Crippen molar-refractivity contribution in [3.63, 3.8) is 0 Å². The third-order valence-electron chi connectivity index (χ3n) is 4.87. The Morgan fingerprint density at radius 3 is 2.67 bits per heavy atom. The molecular weight excluding hydrogens is 342 g/mol. The lowest BCUT2D eigenvalue weighted by Gasteiger charge is -2.30. The first-order valence-corrected chi connectivity index (χ1v) is 10.0. The molecule has 0 spiro atoms. The molecule has 1 fully saturated rings. The minimum atomic E-state index is -0.660. The summed E-state index contributed by atoms with van der Waals surface area (Å²) < 4.78 is 5.67. The molecule has 0 saturated carbocycles. The van der Waals surface area contributed by atoms with Crippen molar-refractivity contribution in [2.45, 2.75) is 46.5 Å². The van der Waals surface area contributed by atoms with E-state index in [4.69, 9.17) is 4.74 Å². The topological polar surface area (TPSA) is 70.7 Å². The van der Waals surface area contributed by atoms with E-state index in [0.29, 0.717) is 24.6 Å². The lowest BCUT2D eigenvalue weighted by Crippen LogP contribution is -2.38. The fraction of sp³-hybridized carbons (Fsp3) is 0.619. The Morgan fingerprint density at radius 2 is 1.96 bits per heavy atom. The lowest BCUT2D eigenvalue weighted by molar-refractivity contribution is -0.136. The predicted molar refractivity (Wildman–Crippen MR) is 108 cm³/mol. The van der Waals surface area contributed by atoms with Crippen LogP contribution in [-0.4, -0.2) is 49.5 Å². The summed E-state index contributed by atoms with van der Waals surface area (Å²) in [6, 6.07) is 5.51. The number of nitrogens with one attached hydrogen (secondary N) is 2. The second kappa shape index (κ2) is 10.9. The summed E-state index contributed by atoms with van der Waals surface area (Å²) >= 11 is 0. The molecule has 1 aliphatic rings. The summed E-state index contributed by atoms with van der Waals surface area (Å²) in [7, 11) is 0. The number of hydrogen-bond acceptors (Lipinski definition) is 4. The van der Waals surface area contributed by atoms with E-state index in [0.717, 1.165) is 44.0 Å². The number of piperidine rings is 1. The van der Waals surface area contributed by atoms with Gasteiger partial charge in [0.15, 0.2) is 0 Å². The van der Waals surface area contributed by atoms with E-state index in [-0.39, 0.29) is 0 Å². The Kier molecular flexibility index (Phi) is 8.58. The van der Waals surface area contributed by atoms with Gasteiger partial charge in [-0.1, -0.05) is 19.9 Å². The molecule has 2 N–H and O–H groups in total. The third kappa shape index (κ3) is 7.21. The van der Waals surface area contributed by atoms with E-state index in [1.807, 2.05) is 26.0 Å². The Hall–Kier alpha value is -2.08. The smallest absolute Gasteiger partial charge is 0.313 e. The minimum Gasteiger partial charge on any atom is -0.491 e. The highest BCUT2D eigenvalue weighted by Gasteiger charge is 2.17. The van der Waals surface area contributed by atoms with Crippen molar-refractivity contribution in [2.75, 3.05) is 38.1 Å². The van der Waals surface area contributed by atoms with Crippen LogP contribution in [0.3, 0.4) is 0 Å². The molecular formula is C21H33N3O3. The van der Waals surface area contributed by atoms with Crippen molar-refractivity contribution in [2.24, 2.45) is 5.92 Å². The van der Waals surface area contributed by atoms with Crippen molar-refractivity contribution in [1.82, 2.24) is 10.2 Å². The quantitative estimate of drug-likeness (QED) is 0.541. The van der Waals surface area contributed by atoms with E-state index in [2.05, 4.69) is 22.5 Å². The molecule has 6 heteroatoms. The molecule has 0 radical (unpaired) electrons. The van der Waals surface area contributed by atoms with Crippen molar-refractivity contribution in [3.8, 4) is 5.75 Å². The molecule has 150 valence electrons. The number of anilines is 1. The number of amides is 2. The summed E-state index contributed by atoms with van der Waals surface area (Å²) in [4.78, 5) is 26.6. The zero-order chi connectivity index (χ0) is 19.6. The maximum absolute atomic E-state index is 12.2. The molecule has 2 amide bonds. The third-order valence-corrected chi connectivity index (χ3v) is 4.87. The maximum Gasteiger partial charge on any atom is 0.313 e. The van der Waals surface area contributed by atoms with Crippen LogP contribution in [0.4, 0.5) is 5.69 Å². The minimum absolute atomic E-state index is 0.505. The van der Waals surface area contributed by atoms with Gasteiger partial charge in [-0.15, -0.1) is 0 Å². The highest BCUT2D eigenvalue weighted by Crippen LogP contribution is 2.25. The van der Waals surface area contributed by atoms with Crippen LogP contribution in [0.2, 0.25) is 0 Å². The van der Waals surface area contributed by atoms with Crippen molar-refractivity contribution in [1.29, 1.82) is 0 Å². The van der Waals surface area contributed by atoms with Crippen LogP contribution in [0.25, 0.3) is 0 Å². The molecule has 27 heavy (non-hydrogen) atoms. The first-order chi connectivity index (χ1) is 13.0. The van der Waals surface area contributed by atoms with Gasteiger partial charge >= 0.3 is 11.8 Å². The lowest BCUT2D eigenvalue weighted by atomic mass is 9.99. The molecule has 2 rings (SSSR count). The number of nitrogens with zero attached hydrogens (tertiary/aromatic N) is 1. The highest BCUT2D eigenvalue weighted by atomic mass is 16.5. The Balaban J connectivity index is 1.74. The van der Waals surface area contributed by atoms with Crippen LogP contribution in [0, 0.1) is 12.8 Å². The number of likely N-dealkylation sites (tertiary alicyclic amines) is 1. The molecule has 0 aliphatic carbocycles. The van der Waals surface area contributed by atoms with Gasteiger partial charge in [0.2, 0.25) is 0 Å². The molecule has 1 aromatic rings. The number of hydrogen-bond donors (Lipinski definition) is 2. The van der Waals surface area contributed by atoms with Crippen molar-refractivity contribution in [3.05, 3.63) is 23.8 Å². The molecule has 1 heterocycles. The monoisotopic (exact) mass is 375 g/mol. The second-order valence-corrected chi connectivity index (χ2v) is 7.44. The SMILES string of the molecule is CCCOc1cc(C)ccc1NC(=O)C(=O)NCCCN1CCC(C)CC1. The summed E-state index contributed by atoms with van der Waals surface area (Å²) in [6.07, 6.45) is 4.21. The number of aryl methyl sites for hydroxylation is 1. The highest BCUT2D eigenvalue weighted by molar-refractivity contribution is 6.39. The number of carbonyl (C=O) groups excluding carboxylic acids is 2. The maximum atomic E-state index is 12.2. The van der Waals surface area contributed by atoms with Gasteiger partial charge in [0.05, 0.1) is 12.3 Å². The van der Waals surface area contributed by atoms with Gasteiger partial charge in [0.25, 0.3) is 0 Å². The molecule has 0 bridgehead atoms. The zero-order valence-corrected chi connectivity index (χ0v) is 16.8. The largest absolute Gasteiger partial charge is 0.491 e. The fourth-order valence-electron chi connectivity index (χ4n) is 3.11. The van der Waals surface area contributed by atoms with Crippen LogP contribution >= 0.6 is 0 Å². The first kappa shape index (κ1) is 21.2. The standard InChI is InChI=1S/C21H33N3O3/c1-4-14-27-19-15-17(3)6-7-18(19)23-21(26)20(25)22-10-5-11-24-12-8-16(2)9-13-24/h6-7,15-16H,4-5,8-14H2,1-3H3,(H,22,25)(H,23,26). The molecule has 0 unspecified atom stereocenters. The summed E-state index contributed by atoms with van der Waals surface area (Å²) in [6.45, 7) is 10.6. The average molecular weight is 376 g/mol. The molecule has 0 aromatic heterocycles. The fourth-order valence-corrected chi connectivity index (χ4v) is 3.11. The van der Waals surface area contributed by atoms with Gasteiger partial charge in [-0.05, 0) is 75.9 Å². The van der Waals surface area contributed by atoms with Gasteiger partial charge in [0.1, 0.15) is 5.75 Å². The first-order valence-electron chi connectivity index (χ1n) is 10.0. The van der Waals surface area contributed by atoms with E-state index < -0.39 is 11.8 Å². The second-order valence-electron chi connectivity index (χ2n) is 7.44. The van der Waals surface area contributed by atoms with E-state index in [1.165, 1.54) is 12.8 Å². The van der Waals surface area contributed by atoms with E-state index >= 15 is 0 Å². The van der Waals surface area contributed by atoms with Gasteiger partial charge in [-0.2, -0.15) is 0 Å². The predicted octanol–water partition coefficient (Wildman–Crippen LogP) is 2.96. The molecule has 6 nitrogen and oxygen atoms in total. The summed E-state index contributed by atoms with van der Waals surface area (Å²) in [5, 5.41) is 5.36. The van der Waals surface area contributed by atoms with Crippen molar-refractivity contribution >= 4 is 17.5 Å². The average Bonchev–Trinajstić information content (AvgIpc) is 2.66. The number of rotatable bonds is 8. The normalized spacial score (nSPS) is 15.4. The van der Waals surface area contributed by atoms with E-state index in [1.54, 1.807) is 6.07 Å². The van der Waals surface area contributed by atoms with Crippen LogP contribution in [0.15, 0.2) is 18.2 Å². The number of benzene rings is 1. The van der Waals surface area contributed by atoms with Crippen LogP contribution in [0.5, 0.6) is 5.75 Å². The molecule has 0 atom stereocenters.